The van der Waals surface area contributed by atoms with Gasteiger partial charge < -0.3 is 19.3 Å². The van der Waals surface area contributed by atoms with Gasteiger partial charge in [-0.2, -0.15) is 0 Å². The van der Waals surface area contributed by atoms with Gasteiger partial charge in [-0.05, 0) is 48.9 Å². The standard InChI is InChI=1S/C25H29N3O4/c1-5-26-12-14-27(15-13-26)23-22(18-7-9-19(31-3)10-8-18)24(29)28(25(23)30)20-16-17(2)6-11-21(20)32-4/h6-11,16H,5,12-15H2,1-4H3. The van der Waals surface area contributed by atoms with Crippen LogP contribution in [0.3, 0.4) is 0 Å². The summed E-state index contributed by atoms with van der Waals surface area (Å²) in [7, 11) is 3.14. The Bertz CT molecular complexity index is 1050. The molecule has 2 aliphatic rings. The van der Waals surface area contributed by atoms with Crippen LogP contribution in [-0.2, 0) is 9.59 Å². The van der Waals surface area contributed by atoms with E-state index in [1.165, 1.54) is 4.90 Å². The van der Waals surface area contributed by atoms with E-state index in [0.29, 0.717) is 47.1 Å². The summed E-state index contributed by atoms with van der Waals surface area (Å²) < 4.78 is 10.8. The van der Waals surface area contributed by atoms with Crippen LogP contribution in [0.25, 0.3) is 5.57 Å². The zero-order valence-corrected chi connectivity index (χ0v) is 19.1. The maximum absolute atomic E-state index is 13.8. The van der Waals surface area contributed by atoms with Gasteiger partial charge in [0.2, 0.25) is 0 Å². The summed E-state index contributed by atoms with van der Waals surface area (Å²) in [6.45, 7) is 8.12. The van der Waals surface area contributed by atoms with Crippen molar-refractivity contribution in [2.75, 3.05) is 51.8 Å². The first-order valence-corrected chi connectivity index (χ1v) is 10.9. The summed E-state index contributed by atoms with van der Waals surface area (Å²) in [4.78, 5) is 33.2. The van der Waals surface area contributed by atoms with E-state index < -0.39 is 0 Å². The highest BCUT2D eigenvalue weighted by Gasteiger charge is 2.44. The normalized spacial score (nSPS) is 17.4. The Morgan fingerprint density at radius 3 is 2.16 bits per heavy atom. The van der Waals surface area contributed by atoms with Crippen LogP contribution in [0, 0.1) is 6.92 Å². The van der Waals surface area contributed by atoms with Crippen LogP contribution in [0.1, 0.15) is 18.1 Å². The van der Waals surface area contributed by atoms with Crippen LogP contribution < -0.4 is 14.4 Å². The number of anilines is 1. The van der Waals surface area contributed by atoms with Gasteiger partial charge in [-0.15, -0.1) is 0 Å². The average Bonchev–Trinajstić information content (AvgIpc) is 3.08. The first kappa shape index (κ1) is 21.9. The quantitative estimate of drug-likeness (QED) is 0.651. The Hall–Kier alpha value is -3.32. The molecule has 0 unspecified atom stereocenters. The van der Waals surface area contributed by atoms with E-state index in [9.17, 15) is 9.59 Å². The molecule has 4 rings (SSSR count). The van der Waals surface area contributed by atoms with Crippen LogP contribution in [0.2, 0.25) is 0 Å². The van der Waals surface area contributed by atoms with Crippen molar-refractivity contribution in [3.63, 3.8) is 0 Å². The van der Waals surface area contributed by atoms with Gasteiger partial charge in [0.1, 0.15) is 17.2 Å². The highest BCUT2D eigenvalue weighted by Crippen LogP contribution is 2.39. The number of nitrogens with zero attached hydrogens (tertiary/aromatic N) is 3. The lowest BCUT2D eigenvalue weighted by atomic mass is 10.0. The van der Waals surface area contributed by atoms with Crippen molar-refractivity contribution in [3.05, 3.63) is 59.3 Å². The Kier molecular flexibility index (Phi) is 6.19. The summed E-state index contributed by atoms with van der Waals surface area (Å²) in [5.74, 6) is 0.538. The van der Waals surface area contributed by atoms with E-state index >= 15 is 0 Å². The van der Waals surface area contributed by atoms with Gasteiger partial charge in [-0.1, -0.05) is 25.1 Å². The minimum Gasteiger partial charge on any atom is -0.497 e. The van der Waals surface area contributed by atoms with Crippen molar-refractivity contribution < 1.29 is 19.1 Å². The van der Waals surface area contributed by atoms with Crippen molar-refractivity contribution in [2.24, 2.45) is 0 Å². The Labute approximate surface area is 188 Å². The molecule has 2 heterocycles. The van der Waals surface area contributed by atoms with Crippen molar-refractivity contribution in [1.82, 2.24) is 9.80 Å². The molecule has 168 valence electrons. The number of imide groups is 1. The fourth-order valence-corrected chi connectivity index (χ4v) is 4.31. The maximum Gasteiger partial charge on any atom is 0.282 e. The first-order valence-electron chi connectivity index (χ1n) is 10.9. The predicted molar refractivity (Wildman–Crippen MR) is 124 cm³/mol. The Balaban J connectivity index is 1.81. The lowest BCUT2D eigenvalue weighted by molar-refractivity contribution is -0.120. The monoisotopic (exact) mass is 435 g/mol. The molecule has 0 aromatic heterocycles. The molecule has 0 radical (unpaired) electrons. The molecule has 2 aliphatic heterocycles. The molecular weight excluding hydrogens is 406 g/mol. The predicted octanol–water partition coefficient (Wildman–Crippen LogP) is 2.93. The van der Waals surface area contributed by atoms with Crippen molar-refractivity contribution in [2.45, 2.75) is 13.8 Å². The third-order valence-corrected chi connectivity index (χ3v) is 6.15. The number of amides is 2. The van der Waals surface area contributed by atoms with E-state index in [4.69, 9.17) is 9.47 Å². The van der Waals surface area contributed by atoms with Crippen molar-refractivity contribution >= 4 is 23.1 Å². The van der Waals surface area contributed by atoms with Gasteiger partial charge in [-0.25, -0.2) is 4.90 Å². The minimum atomic E-state index is -0.336. The number of carbonyl (C=O) groups excluding carboxylic acids is 2. The molecule has 0 spiro atoms. The second-order valence-electron chi connectivity index (χ2n) is 7.99. The molecule has 2 aromatic carbocycles. The van der Waals surface area contributed by atoms with Crippen LogP contribution in [0.5, 0.6) is 11.5 Å². The lowest BCUT2D eigenvalue weighted by Crippen LogP contribution is -2.47. The third kappa shape index (κ3) is 3.84. The fraction of sp³-hybridized carbons (Fsp3) is 0.360. The van der Waals surface area contributed by atoms with E-state index in [1.54, 1.807) is 20.3 Å². The van der Waals surface area contributed by atoms with E-state index in [2.05, 4.69) is 11.8 Å². The molecule has 7 nitrogen and oxygen atoms in total. The number of benzene rings is 2. The maximum atomic E-state index is 13.8. The highest BCUT2D eigenvalue weighted by atomic mass is 16.5. The average molecular weight is 436 g/mol. The number of likely N-dealkylation sites (N-methyl/N-ethyl adjacent to an activating group) is 1. The number of hydrogen-bond donors (Lipinski definition) is 0. The van der Waals surface area contributed by atoms with Gasteiger partial charge in [0, 0.05) is 26.2 Å². The summed E-state index contributed by atoms with van der Waals surface area (Å²) in [6.07, 6.45) is 0. The van der Waals surface area contributed by atoms with Crippen LogP contribution in [0.4, 0.5) is 5.69 Å². The summed E-state index contributed by atoms with van der Waals surface area (Å²) >= 11 is 0. The Morgan fingerprint density at radius 2 is 1.56 bits per heavy atom. The third-order valence-electron chi connectivity index (χ3n) is 6.15. The number of methoxy groups -OCH3 is 2. The lowest BCUT2D eigenvalue weighted by Gasteiger charge is -2.36. The zero-order valence-electron chi connectivity index (χ0n) is 19.1. The summed E-state index contributed by atoms with van der Waals surface area (Å²) in [6, 6.07) is 12.8. The minimum absolute atomic E-state index is 0.310. The molecule has 2 aromatic rings. The second-order valence-corrected chi connectivity index (χ2v) is 7.99. The fourth-order valence-electron chi connectivity index (χ4n) is 4.31. The molecule has 0 bridgehead atoms. The number of piperazine rings is 1. The number of ether oxygens (including phenoxy) is 2. The summed E-state index contributed by atoms with van der Waals surface area (Å²) in [5, 5.41) is 0. The topological polar surface area (TPSA) is 62.3 Å². The molecule has 1 saturated heterocycles. The van der Waals surface area contributed by atoms with Crippen LogP contribution >= 0.6 is 0 Å². The molecule has 7 heteroatoms. The number of hydrogen-bond acceptors (Lipinski definition) is 6. The largest absolute Gasteiger partial charge is 0.497 e. The molecule has 0 atom stereocenters. The Morgan fingerprint density at radius 1 is 0.875 bits per heavy atom. The van der Waals surface area contributed by atoms with Gasteiger partial charge >= 0.3 is 0 Å². The molecule has 0 N–H and O–H groups in total. The smallest absolute Gasteiger partial charge is 0.282 e. The summed E-state index contributed by atoms with van der Waals surface area (Å²) in [5.41, 5.74) is 2.99. The molecule has 0 saturated carbocycles. The SMILES string of the molecule is CCN1CCN(C2=C(c3ccc(OC)cc3)C(=O)N(c3cc(C)ccc3OC)C2=O)CC1. The highest BCUT2D eigenvalue weighted by molar-refractivity contribution is 6.45. The van der Waals surface area contributed by atoms with Gasteiger partial charge in [-0.3, -0.25) is 9.59 Å². The van der Waals surface area contributed by atoms with Crippen LogP contribution in [-0.4, -0.2) is 68.6 Å². The van der Waals surface area contributed by atoms with E-state index in [-0.39, 0.29) is 11.8 Å². The van der Waals surface area contributed by atoms with Gasteiger partial charge in [0.15, 0.2) is 0 Å². The number of rotatable bonds is 6. The van der Waals surface area contributed by atoms with Crippen molar-refractivity contribution in [1.29, 1.82) is 0 Å². The number of carbonyl (C=O) groups is 2. The molecule has 1 fully saturated rings. The van der Waals surface area contributed by atoms with Crippen molar-refractivity contribution in [3.8, 4) is 11.5 Å². The van der Waals surface area contributed by atoms with E-state index in [1.807, 2.05) is 48.2 Å². The molecular formula is C25H29N3O4. The van der Waals surface area contributed by atoms with Crippen LogP contribution in [0.15, 0.2) is 48.2 Å². The van der Waals surface area contributed by atoms with Gasteiger partial charge in [0.05, 0.1) is 25.5 Å². The zero-order chi connectivity index (χ0) is 22.8. The van der Waals surface area contributed by atoms with E-state index in [0.717, 1.165) is 25.2 Å². The molecule has 0 aliphatic carbocycles. The molecule has 32 heavy (non-hydrogen) atoms. The van der Waals surface area contributed by atoms with Gasteiger partial charge in [0.25, 0.3) is 11.8 Å². The number of aryl methyl sites for hydroxylation is 1. The second kappa shape index (κ2) is 9.04. The molecule has 2 amide bonds. The first-order chi connectivity index (χ1) is 15.5.